The van der Waals surface area contributed by atoms with Gasteiger partial charge in [-0.25, -0.2) is 4.99 Å². The van der Waals surface area contributed by atoms with Crippen LogP contribution in [0.3, 0.4) is 0 Å². The molecule has 150 valence electrons. The predicted octanol–water partition coefficient (Wildman–Crippen LogP) is 5.29. The minimum absolute atomic E-state index is 0.00294. The van der Waals surface area contributed by atoms with Crippen LogP contribution in [0, 0.1) is 0 Å². The van der Waals surface area contributed by atoms with Crippen LogP contribution in [0.5, 0.6) is 0 Å². The van der Waals surface area contributed by atoms with Crippen molar-refractivity contribution in [2.45, 2.75) is 17.9 Å². The van der Waals surface area contributed by atoms with Gasteiger partial charge in [-0.2, -0.15) is 0 Å². The van der Waals surface area contributed by atoms with Crippen LogP contribution in [-0.4, -0.2) is 30.3 Å². The number of aliphatic imine (C=N–C) groups is 1. The van der Waals surface area contributed by atoms with E-state index in [-0.39, 0.29) is 11.7 Å². The van der Waals surface area contributed by atoms with Crippen LogP contribution in [0.1, 0.15) is 18.5 Å². The molecule has 30 heavy (non-hydrogen) atoms. The number of aliphatic hydroxyl groups is 1. The first kappa shape index (κ1) is 18.8. The zero-order chi connectivity index (χ0) is 21.0. The lowest BCUT2D eigenvalue weighted by Gasteiger charge is -2.29. The molecule has 6 heteroatoms. The number of rotatable bonds is 2. The largest absolute Gasteiger partial charge is 0.512 e. The molecule has 0 aliphatic carbocycles. The third-order valence-corrected chi connectivity index (χ3v) is 6.56. The summed E-state index contributed by atoms with van der Waals surface area (Å²) in [4.78, 5) is 23.2. The topological polar surface area (TPSA) is 56.1 Å². The molecule has 2 heterocycles. The first-order chi connectivity index (χ1) is 14.5. The SMILES string of the molecule is C/C(O)=C1/C(=O)N2C(=NC1c1ccc(N(C)C)cc1)Sc1ccc3ccccc3c12. The van der Waals surface area contributed by atoms with Gasteiger partial charge in [0.25, 0.3) is 5.91 Å². The van der Waals surface area contributed by atoms with Crippen LogP contribution in [0.25, 0.3) is 10.8 Å². The second kappa shape index (κ2) is 6.92. The van der Waals surface area contributed by atoms with Crippen molar-refractivity contribution >= 4 is 45.0 Å². The van der Waals surface area contributed by atoms with Crippen molar-refractivity contribution in [1.82, 2.24) is 0 Å². The van der Waals surface area contributed by atoms with E-state index in [1.54, 1.807) is 11.8 Å². The molecule has 1 unspecified atom stereocenters. The Bertz CT molecular complexity index is 1240. The maximum atomic E-state index is 13.6. The highest BCUT2D eigenvalue weighted by atomic mass is 32.2. The number of anilines is 2. The van der Waals surface area contributed by atoms with Crippen molar-refractivity contribution in [3.05, 3.63) is 77.6 Å². The van der Waals surface area contributed by atoms with E-state index in [9.17, 15) is 9.90 Å². The van der Waals surface area contributed by atoms with Crippen LogP contribution in [0.4, 0.5) is 11.4 Å². The van der Waals surface area contributed by atoms with Crippen LogP contribution < -0.4 is 9.80 Å². The van der Waals surface area contributed by atoms with Gasteiger partial charge in [-0.1, -0.05) is 42.5 Å². The Morgan fingerprint density at radius 1 is 1.07 bits per heavy atom. The maximum Gasteiger partial charge on any atom is 0.266 e. The van der Waals surface area contributed by atoms with Gasteiger partial charge in [0.15, 0.2) is 5.17 Å². The van der Waals surface area contributed by atoms with E-state index in [0.717, 1.165) is 32.6 Å². The normalized spacial score (nSPS) is 19.4. The van der Waals surface area contributed by atoms with Gasteiger partial charge >= 0.3 is 0 Å². The number of amides is 1. The molecule has 1 amide bonds. The van der Waals surface area contributed by atoms with Gasteiger partial charge in [0, 0.05) is 30.1 Å². The molecule has 2 aliphatic rings. The average Bonchev–Trinajstić information content (AvgIpc) is 3.12. The maximum absolute atomic E-state index is 13.6. The van der Waals surface area contributed by atoms with E-state index in [0.29, 0.717) is 10.7 Å². The van der Waals surface area contributed by atoms with Gasteiger partial charge in [0.1, 0.15) is 11.8 Å². The molecule has 0 aromatic heterocycles. The summed E-state index contributed by atoms with van der Waals surface area (Å²) in [6, 6.07) is 19.5. The molecule has 0 saturated carbocycles. The number of carbonyl (C=O) groups is 1. The van der Waals surface area contributed by atoms with Crippen LogP contribution in [-0.2, 0) is 4.79 Å². The van der Waals surface area contributed by atoms with Crippen molar-refractivity contribution in [3.63, 3.8) is 0 Å². The van der Waals surface area contributed by atoms with Crippen molar-refractivity contribution in [1.29, 1.82) is 0 Å². The predicted molar refractivity (Wildman–Crippen MR) is 124 cm³/mol. The summed E-state index contributed by atoms with van der Waals surface area (Å²) in [5.41, 5.74) is 3.11. The van der Waals surface area contributed by atoms with Gasteiger partial charge in [-0.05, 0) is 47.8 Å². The summed E-state index contributed by atoms with van der Waals surface area (Å²) in [6.45, 7) is 1.56. The summed E-state index contributed by atoms with van der Waals surface area (Å²) < 4.78 is 0. The van der Waals surface area contributed by atoms with E-state index in [2.05, 4.69) is 6.07 Å². The number of hydrogen-bond donors (Lipinski definition) is 1. The number of carbonyl (C=O) groups excluding carboxylic acids is 1. The lowest BCUT2D eigenvalue weighted by molar-refractivity contribution is -0.114. The highest BCUT2D eigenvalue weighted by Crippen LogP contribution is 2.49. The van der Waals surface area contributed by atoms with E-state index in [1.807, 2.05) is 73.6 Å². The molecular formula is C24H21N3O2S. The fourth-order valence-corrected chi connectivity index (χ4v) is 5.08. The molecule has 1 atom stereocenters. The zero-order valence-electron chi connectivity index (χ0n) is 17.0. The highest BCUT2D eigenvalue weighted by molar-refractivity contribution is 8.15. The van der Waals surface area contributed by atoms with Gasteiger partial charge in [-0.3, -0.25) is 9.69 Å². The third-order valence-electron chi connectivity index (χ3n) is 5.54. The minimum Gasteiger partial charge on any atom is -0.512 e. The fraction of sp³-hybridized carbons (Fsp3) is 0.167. The van der Waals surface area contributed by atoms with Gasteiger partial charge in [-0.15, -0.1) is 0 Å². The molecule has 5 rings (SSSR count). The van der Waals surface area contributed by atoms with Crippen molar-refractivity contribution in [2.24, 2.45) is 4.99 Å². The molecule has 1 N–H and O–H groups in total. The Morgan fingerprint density at radius 2 is 1.80 bits per heavy atom. The van der Waals surface area contributed by atoms with E-state index in [1.165, 1.54) is 11.8 Å². The number of allylic oxidation sites excluding steroid dienone is 1. The first-order valence-corrected chi connectivity index (χ1v) is 10.6. The lowest BCUT2D eigenvalue weighted by atomic mass is 9.95. The smallest absolute Gasteiger partial charge is 0.266 e. The number of amidine groups is 1. The molecular weight excluding hydrogens is 394 g/mol. The summed E-state index contributed by atoms with van der Waals surface area (Å²) in [5, 5.41) is 13.2. The van der Waals surface area contributed by atoms with Crippen molar-refractivity contribution in [2.75, 3.05) is 23.9 Å². The van der Waals surface area contributed by atoms with Crippen molar-refractivity contribution in [3.8, 4) is 0 Å². The minimum atomic E-state index is -0.530. The number of nitrogens with zero attached hydrogens (tertiary/aromatic N) is 3. The molecule has 0 saturated heterocycles. The highest BCUT2D eigenvalue weighted by Gasteiger charge is 2.42. The summed E-state index contributed by atoms with van der Waals surface area (Å²) >= 11 is 1.50. The molecule has 3 aromatic carbocycles. The number of fused-ring (bicyclic) bond motifs is 5. The van der Waals surface area contributed by atoms with Gasteiger partial charge in [0.05, 0.1) is 11.3 Å². The Labute approximate surface area is 179 Å². The quantitative estimate of drug-likeness (QED) is 0.457. The molecule has 0 bridgehead atoms. The van der Waals surface area contributed by atoms with Crippen molar-refractivity contribution < 1.29 is 9.90 Å². The molecule has 0 spiro atoms. The average molecular weight is 416 g/mol. The van der Waals surface area contributed by atoms with Crippen LogP contribution in [0.15, 0.2) is 81.9 Å². The summed E-state index contributed by atoms with van der Waals surface area (Å²) in [6.07, 6.45) is 0. The second-order valence-corrected chi connectivity index (χ2v) is 8.68. The van der Waals surface area contributed by atoms with Gasteiger partial charge < -0.3 is 10.0 Å². The van der Waals surface area contributed by atoms with E-state index in [4.69, 9.17) is 4.99 Å². The monoisotopic (exact) mass is 415 g/mol. The number of hydrogen-bond acceptors (Lipinski definition) is 5. The molecule has 5 nitrogen and oxygen atoms in total. The standard InChI is InChI=1S/C24H21N3O2S/c1-14(28)20-21(16-8-11-17(12-9-16)26(2)3)25-24-27(23(20)29)22-18-7-5-4-6-15(18)10-13-19(22)30-24/h4-13,21,28H,1-3H3/b20-14-. The van der Waals surface area contributed by atoms with Crippen LogP contribution in [0.2, 0.25) is 0 Å². The Balaban J connectivity index is 1.67. The Kier molecular flexibility index (Phi) is 4.33. The summed E-state index contributed by atoms with van der Waals surface area (Å²) in [5.74, 6) is -0.215. The fourth-order valence-electron chi connectivity index (χ4n) is 4.02. The first-order valence-electron chi connectivity index (χ1n) is 9.74. The molecule has 0 fully saturated rings. The summed E-state index contributed by atoms with van der Waals surface area (Å²) in [7, 11) is 3.97. The molecule has 2 aliphatic heterocycles. The second-order valence-electron chi connectivity index (χ2n) is 7.68. The number of aliphatic hydroxyl groups excluding tert-OH is 1. The Morgan fingerprint density at radius 3 is 2.50 bits per heavy atom. The number of benzene rings is 3. The van der Waals surface area contributed by atoms with E-state index >= 15 is 0 Å². The third kappa shape index (κ3) is 2.79. The molecule has 0 radical (unpaired) electrons. The van der Waals surface area contributed by atoms with Gasteiger partial charge in [0.2, 0.25) is 0 Å². The lowest BCUT2D eigenvalue weighted by Crippen LogP contribution is -2.39. The number of thioether (sulfide) groups is 1. The van der Waals surface area contributed by atoms with E-state index < -0.39 is 6.04 Å². The molecule has 3 aromatic rings. The zero-order valence-corrected chi connectivity index (χ0v) is 17.8. The van der Waals surface area contributed by atoms with Crippen LogP contribution >= 0.6 is 11.8 Å². The Hall–Kier alpha value is -3.25.